The summed E-state index contributed by atoms with van der Waals surface area (Å²) in [5.41, 5.74) is 2.02. The summed E-state index contributed by atoms with van der Waals surface area (Å²) >= 11 is 0. The Morgan fingerprint density at radius 2 is 1.94 bits per heavy atom. The Morgan fingerprint density at radius 1 is 1.21 bits per heavy atom. The molecule has 33 heavy (non-hydrogen) atoms. The zero-order valence-corrected chi connectivity index (χ0v) is 20.1. The average molecular weight is 458 g/mol. The van der Waals surface area contributed by atoms with E-state index in [4.69, 9.17) is 9.47 Å². The fraction of sp³-hybridized carbons (Fsp3) is 0.625. The molecule has 4 rings (SSSR count). The number of fused-ring (bicyclic) bond motifs is 1. The number of nitrogens with one attached hydrogen (secondary N) is 1. The van der Waals surface area contributed by atoms with E-state index in [0.717, 1.165) is 55.9 Å². The van der Waals surface area contributed by atoms with Crippen molar-refractivity contribution in [3.05, 3.63) is 29.5 Å². The maximum atomic E-state index is 12.8. The third-order valence-corrected chi connectivity index (χ3v) is 6.12. The number of amides is 2. The van der Waals surface area contributed by atoms with E-state index in [-0.39, 0.29) is 12.0 Å². The van der Waals surface area contributed by atoms with Crippen LogP contribution in [0.2, 0.25) is 0 Å². The Morgan fingerprint density at radius 3 is 2.64 bits per heavy atom. The summed E-state index contributed by atoms with van der Waals surface area (Å²) in [4.78, 5) is 28.9. The van der Waals surface area contributed by atoms with Crippen molar-refractivity contribution in [2.24, 2.45) is 5.92 Å². The zero-order valence-electron chi connectivity index (χ0n) is 20.1. The van der Waals surface area contributed by atoms with Crippen molar-refractivity contribution in [2.45, 2.75) is 39.8 Å². The average Bonchev–Trinajstić information content (AvgIpc) is 3.14. The van der Waals surface area contributed by atoms with Gasteiger partial charge in [0.2, 0.25) is 0 Å². The van der Waals surface area contributed by atoms with Gasteiger partial charge in [0.1, 0.15) is 5.60 Å². The molecule has 2 aliphatic heterocycles. The van der Waals surface area contributed by atoms with Crippen LogP contribution in [0.15, 0.2) is 18.3 Å². The Bertz CT molecular complexity index is 1000. The largest absolute Gasteiger partial charge is 0.444 e. The van der Waals surface area contributed by atoms with Crippen LogP contribution in [0.1, 0.15) is 36.7 Å². The summed E-state index contributed by atoms with van der Waals surface area (Å²) in [5, 5.41) is 8.71. The number of morpholine rings is 1. The Hall–Kier alpha value is -2.65. The molecule has 0 spiro atoms. The summed E-state index contributed by atoms with van der Waals surface area (Å²) in [6.45, 7) is 14.4. The summed E-state index contributed by atoms with van der Waals surface area (Å²) in [6, 6.07) is 3.76. The highest BCUT2D eigenvalue weighted by molar-refractivity contribution is 6.00. The van der Waals surface area contributed by atoms with Crippen molar-refractivity contribution in [1.29, 1.82) is 0 Å². The van der Waals surface area contributed by atoms with Crippen molar-refractivity contribution < 1.29 is 19.1 Å². The summed E-state index contributed by atoms with van der Waals surface area (Å²) in [6.07, 6.45) is 1.75. The van der Waals surface area contributed by atoms with E-state index in [1.54, 1.807) is 4.90 Å². The van der Waals surface area contributed by atoms with Gasteiger partial charge in [0.25, 0.3) is 5.91 Å². The minimum Gasteiger partial charge on any atom is -0.444 e. The number of likely N-dealkylation sites (tertiary alicyclic amines) is 1. The van der Waals surface area contributed by atoms with E-state index in [1.165, 1.54) is 0 Å². The van der Waals surface area contributed by atoms with Crippen LogP contribution in [0.5, 0.6) is 0 Å². The number of nitrogens with zero attached hydrogens (tertiary/aromatic N) is 4. The van der Waals surface area contributed by atoms with Crippen LogP contribution in [0.4, 0.5) is 4.79 Å². The molecule has 180 valence electrons. The normalized spacial score (nSPS) is 17.8. The number of hydrogen-bond donors (Lipinski definition) is 1. The van der Waals surface area contributed by atoms with Gasteiger partial charge in [0.15, 0.2) is 0 Å². The molecule has 0 aliphatic carbocycles. The molecule has 2 saturated heterocycles. The SMILES string of the molecule is Cc1c(C(=O)NCCN2CCOCC2)ccc2nn(CC3CN(C(=O)OC(C)(C)C)C3)cc12. The Labute approximate surface area is 195 Å². The fourth-order valence-electron chi connectivity index (χ4n) is 4.29. The highest BCUT2D eigenvalue weighted by Gasteiger charge is 2.34. The lowest BCUT2D eigenvalue weighted by Gasteiger charge is -2.39. The molecule has 0 radical (unpaired) electrons. The van der Waals surface area contributed by atoms with E-state index in [1.807, 2.05) is 50.7 Å². The third-order valence-electron chi connectivity index (χ3n) is 6.12. The maximum Gasteiger partial charge on any atom is 0.410 e. The summed E-state index contributed by atoms with van der Waals surface area (Å²) in [7, 11) is 0. The molecule has 1 aromatic heterocycles. The van der Waals surface area contributed by atoms with Crippen LogP contribution in [0.3, 0.4) is 0 Å². The monoisotopic (exact) mass is 457 g/mol. The number of carbonyl (C=O) groups excluding carboxylic acids is 2. The van der Waals surface area contributed by atoms with E-state index in [9.17, 15) is 9.59 Å². The smallest absolute Gasteiger partial charge is 0.410 e. The van der Waals surface area contributed by atoms with Crippen molar-refractivity contribution in [1.82, 2.24) is 24.9 Å². The number of aryl methyl sites for hydroxylation is 1. The molecule has 9 nitrogen and oxygen atoms in total. The van der Waals surface area contributed by atoms with Gasteiger partial charge in [0, 0.05) is 68.9 Å². The summed E-state index contributed by atoms with van der Waals surface area (Å²) in [5.74, 6) is 0.289. The lowest BCUT2D eigenvalue weighted by Crippen LogP contribution is -2.52. The molecule has 9 heteroatoms. The molecule has 3 heterocycles. The van der Waals surface area contributed by atoms with Crippen LogP contribution >= 0.6 is 0 Å². The van der Waals surface area contributed by atoms with E-state index < -0.39 is 5.60 Å². The molecule has 1 N–H and O–H groups in total. The second kappa shape index (κ2) is 9.69. The third kappa shape index (κ3) is 5.83. The van der Waals surface area contributed by atoms with Crippen LogP contribution in [0, 0.1) is 12.8 Å². The van der Waals surface area contributed by atoms with E-state index in [0.29, 0.717) is 31.1 Å². The van der Waals surface area contributed by atoms with E-state index >= 15 is 0 Å². The van der Waals surface area contributed by atoms with Gasteiger partial charge < -0.3 is 19.7 Å². The van der Waals surface area contributed by atoms with Crippen LogP contribution in [0.25, 0.3) is 10.9 Å². The van der Waals surface area contributed by atoms with Gasteiger partial charge in [-0.3, -0.25) is 14.4 Å². The van der Waals surface area contributed by atoms with Crippen LogP contribution < -0.4 is 5.32 Å². The predicted octanol–water partition coefficient (Wildman–Crippen LogP) is 2.27. The molecule has 0 bridgehead atoms. The highest BCUT2D eigenvalue weighted by Crippen LogP contribution is 2.24. The first kappa shape index (κ1) is 23.5. The van der Waals surface area contributed by atoms with Gasteiger partial charge in [-0.1, -0.05) is 0 Å². The van der Waals surface area contributed by atoms with Crippen LogP contribution in [-0.2, 0) is 16.0 Å². The Kier molecular flexibility index (Phi) is 6.90. The van der Waals surface area contributed by atoms with Gasteiger partial charge in [-0.05, 0) is 45.4 Å². The Balaban J connectivity index is 1.31. The van der Waals surface area contributed by atoms with Crippen molar-refractivity contribution in [3.8, 4) is 0 Å². The minimum absolute atomic E-state index is 0.0533. The lowest BCUT2D eigenvalue weighted by molar-refractivity contribution is -0.00381. The van der Waals surface area contributed by atoms with Gasteiger partial charge in [-0.2, -0.15) is 5.10 Å². The molecular formula is C24H35N5O4. The van der Waals surface area contributed by atoms with E-state index in [2.05, 4.69) is 15.3 Å². The number of benzene rings is 1. The van der Waals surface area contributed by atoms with Crippen LogP contribution in [-0.4, -0.2) is 89.7 Å². The number of aromatic nitrogens is 2. The van der Waals surface area contributed by atoms with Gasteiger partial charge in [-0.25, -0.2) is 4.79 Å². The first-order valence-corrected chi connectivity index (χ1v) is 11.7. The number of hydrogen-bond acceptors (Lipinski definition) is 6. The molecule has 2 fully saturated rings. The molecular weight excluding hydrogens is 422 g/mol. The maximum absolute atomic E-state index is 12.8. The molecule has 0 unspecified atom stereocenters. The molecule has 1 aromatic carbocycles. The fourth-order valence-corrected chi connectivity index (χ4v) is 4.29. The second-order valence-electron chi connectivity index (χ2n) is 9.98. The predicted molar refractivity (Wildman–Crippen MR) is 125 cm³/mol. The molecule has 2 aliphatic rings. The number of ether oxygens (including phenoxy) is 2. The van der Waals surface area contributed by atoms with Gasteiger partial charge in [-0.15, -0.1) is 0 Å². The standard InChI is InChI=1S/C24H35N5O4/c1-17-19(22(30)25-7-8-27-9-11-32-12-10-27)5-6-21-20(17)16-29(26-21)15-18-13-28(14-18)23(31)33-24(2,3)4/h5-6,16,18H,7-15H2,1-4H3,(H,25,30). The number of rotatable bonds is 6. The topological polar surface area (TPSA) is 88.9 Å². The summed E-state index contributed by atoms with van der Waals surface area (Å²) < 4.78 is 12.7. The van der Waals surface area contributed by atoms with Gasteiger partial charge in [0.05, 0.1) is 18.7 Å². The van der Waals surface area contributed by atoms with Crippen molar-refractivity contribution in [3.63, 3.8) is 0 Å². The van der Waals surface area contributed by atoms with Crippen molar-refractivity contribution in [2.75, 3.05) is 52.5 Å². The van der Waals surface area contributed by atoms with Crippen molar-refractivity contribution >= 4 is 22.9 Å². The van der Waals surface area contributed by atoms with Gasteiger partial charge >= 0.3 is 6.09 Å². The zero-order chi connectivity index (χ0) is 23.6. The molecule has 0 atom stereocenters. The highest BCUT2D eigenvalue weighted by atomic mass is 16.6. The quantitative estimate of drug-likeness (QED) is 0.716. The molecule has 2 amide bonds. The number of carbonyl (C=O) groups is 2. The first-order valence-electron chi connectivity index (χ1n) is 11.7. The minimum atomic E-state index is -0.480. The second-order valence-corrected chi connectivity index (χ2v) is 9.98. The first-order chi connectivity index (χ1) is 15.7. The lowest BCUT2D eigenvalue weighted by atomic mass is 10.0. The molecule has 0 saturated carbocycles. The molecule has 2 aromatic rings.